The summed E-state index contributed by atoms with van der Waals surface area (Å²) in [5.41, 5.74) is 6.14. The second-order valence-electron chi connectivity index (χ2n) is 8.98. The molecule has 0 aliphatic heterocycles. The van der Waals surface area contributed by atoms with E-state index in [0.29, 0.717) is 6.42 Å². The Morgan fingerprint density at radius 3 is 1.50 bits per heavy atom. The van der Waals surface area contributed by atoms with Crippen molar-refractivity contribution in [2.75, 3.05) is 0 Å². The van der Waals surface area contributed by atoms with Crippen LogP contribution in [-0.2, 0) is 27.5 Å². The number of hydrogen-bond donors (Lipinski definition) is 0. The SMILES string of the molecule is [Pt+2].[c-]1cccc2c1c1nc(Cc3cn4c5ccccc5c5ccc[c-]c5c4n3)cn1c1ccccc21. The number of benzene rings is 4. The van der Waals surface area contributed by atoms with Gasteiger partial charge in [-0.25, -0.2) is 0 Å². The van der Waals surface area contributed by atoms with E-state index in [1.807, 2.05) is 24.3 Å². The number of nitrogens with zero attached hydrogens (tertiary/aromatic N) is 4. The quantitative estimate of drug-likeness (QED) is 0.154. The Bertz CT molecular complexity index is 1800. The van der Waals surface area contributed by atoms with Crippen molar-refractivity contribution in [2.45, 2.75) is 6.42 Å². The van der Waals surface area contributed by atoms with Crippen molar-refractivity contribution in [2.24, 2.45) is 0 Å². The minimum Gasteiger partial charge on any atom is -0.340 e. The van der Waals surface area contributed by atoms with Gasteiger partial charge in [-0.1, -0.05) is 47.2 Å². The monoisotopic (exact) mass is 641 g/mol. The van der Waals surface area contributed by atoms with Crippen LogP contribution in [0.3, 0.4) is 0 Å². The van der Waals surface area contributed by atoms with Crippen molar-refractivity contribution in [3.8, 4) is 0 Å². The molecule has 0 fully saturated rings. The molecule has 0 N–H and O–H groups in total. The molecule has 0 atom stereocenters. The van der Waals surface area contributed by atoms with Gasteiger partial charge < -0.3 is 8.80 Å². The third kappa shape index (κ3) is 2.98. The van der Waals surface area contributed by atoms with E-state index in [9.17, 15) is 0 Å². The first-order chi connectivity index (χ1) is 17.3. The fourth-order valence-electron chi connectivity index (χ4n) is 5.45. The Balaban J connectivity index is 0.00000220. The maximum atomic E-state index is 5.06. The molecule has 36 heavy (non-hydrogen) atoms. The molecule has 4 nitrogen and oxygen atoms in total. The van der Waals surface area contributed by atoms with Crippen molar-refractivity contribution in [1.82, 2.24) is 18.8 Å². The summed E-state index contributed by atoms with van der Waals surface area (Å²) in [6, 6.07) is 36.1. The molecule has 0 radical (unpaired) electrons. The summed E-state index contributed by atoms with van der Waals surface area (Å²) in [6.45, 7) is 0. The third-order valence-corrected chi connectivity index (χ3v) is 6.94. The van der Waals surface area contributed by atoms with E-state index in [2.05, 4.69) is 94.0 Å². The van der Waals surface area contributed by atoms with Crippen LogP contribution in [0.1, 0.15) is 11.4 Å². The van der Waals surface area contributed by atoms with Gasteiger partial charge in [-0.2, -0.15) is 0 Å². The predicted molar refractivity (Wildman–Crippen MR) is 141 cm³/mol. The van der Waals surface area contributed by atoms with Gasteiger partial charge in [0.25, 0.3) is 0 Å². The van der Waals surface area contributed by atoms with E-state index in [1.165, 1.54) is 21.5 Å². The zero-order valence-electron chi connectivity index (χ0n) is 19.0. The summed E-state index contributed by atoms with van der Waals surface area (Å²) in [5.74, 6) is 0. The summed E-state index contributed by atoms with van der Waals surface area (Å²) < 4.78 is 4.38. The zero-order valence-corrected chi connectivity index (χ0v) is 21.3. The molecule has 8 rings (SSSR count). The number of rotatable bonds is 2. The van der Waals surface area contributed by atoms with Gasteiger partial charge in [0, 0.05) is 29.8 Å². The van der Waals surface area contributed by atoms with Crippen LogP contribution in [0.4, 0.5) is 0 Å². The minimum atomic E-state index is 0. The molecule has 0 aliphatic rings. The van der Waals surface area contributed by atoms with Crippen LogP contribution < -0.4 is 0 Å². The van der Waals surface area contributed by atoms with Crippen molar-refractivity contribution >= 4 is 54.6 Å². The second kappa shape index (κ2) is 8.01. The predicted octanol–water partition coefficient (Wildman–Crippen LogP) is 6.78. The number of aromatic nitrogens is 4. The topological polar surface area (TPSA) is 34.6 Å². The maximum absolute atomic E-state index is 5.06. The summed E-state index contributed by atoms with van der Waals surface area (Å²) in [7, 11) is 0. The standard InChI is InChI=1S/C31H18N4.Pt/c1-3-13-26-22(9-1)24-11-5-7-15-28(24)34-18-20(32-30(26)34)17-21-19-35-29-16-8-6-12-25(29)23-10-2-4-14-27(23)31(35)33-21;/h1-12,15-16,18-19H,17H2;/q-2;+2. The second-order valence-corrected chi connectivity index (χ2v) is 8.98. The van der Waals surface area contributed by atoms with Gasteiger partial charge in [0.1, 0.15) is 0 Å². The molecular formula is C31H18N4Pt. The Hall–Kier alpha value is -4.01. The molecule has 4 aromatic heterocycles. The van der Waals surface area contributed by atoms with Gasteiger partial charge >= 0.3 is 21.1 Å². The number of fused-ring (bicyclic) bond motifs is 12. The summed E-state index contributed by atoms with van der Waals surface area (Å²) in [5, 5.41) is 6.84. The molecular weight excluding hydrogens is 623 g/mol. The van der Waals surface area contributed by atoms with E-state index in [4.69, 9.17) is 9.97 Å². The molecule has 5 heteroatoms. The molecule has 0 aliphatic carbocycles. The fourth-order valence-corrected chi connectivity index (χ4v) is 5.45. The summed E-state index contributed by atoms with van der Waals surface area (Å²) >= 11 is 0. The molecule has 0 amide bonds. The molecule has 0 saturated heterocycles. The van der Waals surface area contributed by atoms with Crippen molar-refractivity contribution in [3.63, 3.8) is 0 Å². The van der Waals surface area contributed by atoms with Gasteiger partial charge in [0.15, 0.2) is 0 Å². The van der Waals surface area contributed by atoms with E-state index < -0.39 is 0 Å². The number of imidazole rings is 2. The van der Waals surface area contributed by atoms with E-state index in [0.717, 1.165) is 44.5 Å². The van der Waals surface area contributed by atoms with Crippen LogP contribution in [0.25, 0.3) is 54.6 Å². The first-order valence-electron chi connectivity index (χ1n) is 11.7. The van der Waals surface area contributed by atoms with Gasteiger partial charge in [0.05, 0.1) is 22.7 Å². The molecule has 0 saturated carbocycles. The number of pyridine rings is 2. The molecule has 0 spiro atoms. The molecule has 4 aromatic carbocycles. The van der Waals surface area contributed by atoms with Gasteiger partial charge in [-0.15, -0.1) is 59.3 Å². The normalized spacial score (nSPS) is 11.8. The first kappa shape index (κ1) is 21.3. The Labute approximate surface area is 221 Å². The van der Waals surface area contributed by atoms with Crippen LogP contribution in [0.2, 0.25) is 0 Å². The van der Waals surface area contributed by atoms with Crippen molar-refractivity contribution < 1.29 is 21.1 Å². The summed E-state index contributed by atoms with van der Waals surface area (Å²) in [4.78, 5) is 10.1. The van der Waals surface area contributed by atoms with Gasteiger partial charge in [-0.05, 0) is 22.9 Å². The third-order valence-electron chi connectivity index (χ3n) is 6.94. The molecule has 4 heterocycles. The van der Waals surface area contributed by atoms with Crippen molar-refractivity contribution in [3.05, 3.63) is 121 Å². The Morgan fingerprint density at radius 1 is 0.556 bits per heavy atom. The van der Waals surface area contributed by atoms with E-state index in [-0.39, 0.29) is 21.1 Å². The smallest absolute Gasteiger partial charge is 0.340 e. The van der Waals surface area contributed by atoms with E-state index >= 15 is 0 Å². The minimum absolute atomic E-state index is 0. The van der Waals surface area contributed by atoms with Crippen LogP contribution in [0.5, 0.6) is 0 Å². The van der Waals surface area contributed by atoms with Crippen LogP contribution >= 0.6 is 0 Å². The van der Waals surface area contributed by atoms with E-state index in [1.54, 1.807) is 0 Å². The molecule has 0 bridgehead atoms. The number of hydrogen-bond acceptors (Lipinski definition) is 2. The van der Waals surface area contributed by atoms with Crippen LogP contribution in [-0.4, -0.2) is 18.8 Å². The molecule has 8 aromatic rings. The average Bonchev–Trinajstić information content (AvgIpc) is 3.54. The molecule has 0 unspecified atom stereocenters. The zero-order chi connectivity index (χ0) is 22.9. The van der Waals surface area contributed by atoms with Crippen LogP contribution in [0.15, 0.2) is 97.3 Å². The maximum Gasteiger partial charge on any atom is 2.00 e. The molecule has 172 valence electrons. The number of para-hydroxylation sites is 2. The fraction of sp³-hybridized carbons (Fsp3) is 0.0323. The van der Waals surface area contributed by atoms with Crippen molar-refractivity contribution in [1.29, 1.82) is 0 Å². The van der Waals surface area contributed by atoms with Crippen LogP contribution in [0, 0.1) is 12.1 Å². The summed E-state index contributed by atoms with van der Waals surface area (Å²) in [6.07, 6.45) is 4.93. The van der Waals surface area contributed by atoms with Gasteiger partial charge in [0.2, 0.25) is 0 Å². The Morgan fingerprint density at radius 2 is 1.00 bits per heavy atom. The first-order valence-corrected chi connectivity index (χ1v) is 11.7. The average molecular weight is 642 g/mol. The van der Waals surface area contributed by atoms with Gasteiger partial charge in [-0.3, -0.25) is 9.97 Å². The Kier molecular flexibility index (Phi) is 4.74. The largest absolute Gasteiger partial charge is 2.00 e.